The first-order valence-electron chi connectivity index (χ1n) is 10.6. The van der Waals surface area contributed by atoms with Crippen molar-refractivity contribution in [3.8, 4) is 16.3 Å². The van der Waals surface area contributed by atoms with Gasteiger partial charge in [0.25, 0.3) is 5.91 Å². The Labute approximate surface area is 186 Å². The zero-order valence-corrected chi connectivity index (χ0v) is 19.3. The zero-order chi connectivity index (χ0) is 22.4. The molecule has 3 aromatic rings. The number of aryl methyl sites for hydroxylation is 2. The molecule has 1 heterocycles. The van der Waals surface area contributed by atoms with Crippen molar-refractivity contribution in [2.45, 2.75) is 47.0 Å². The van der Waals surface area contributed by atoms with E-state index in [1.165, 1.54) is 28.4 Å². The van der Waals surface area contributed by atoms with Crippen LogP contribution in [-0.2, 0) is 0 Å². The molecule has 1 aromatic heterocycles. The molecule has 0 spiro atoms. The van der Waals surface area contributed by atoms with Crippen LogP contribution in [0, 0.1) is 19.7 Å². The second kappa shape index (κ2) is 10.5. The lowest BCUT2D eigenvalue weighted by Gasteiger charge is -2.19. The minimum Gasteiger partial charge on any atom is -0.493 e. The Hall–Kier alpha value is -2.80. The molecule has 31 heavy (non-hydrogen) atoms. The monoisotopic (exact) mass is 441 g/mol. The number of amides is 1. The van der Waals surface area contributed by atoms with Crippen LogP contribution in [0.3, 0.4) is 0 Å². The number of rotatable bonds is 9. The number of carbonyl (C=O) groups is 1. The maximum atomic E-state index is 14.2. The Morgan fingerprint density at radius 3 is 2.45 bits per heavy atom. The lowest BCUT2D eigenvalue weighted by atomic mass is 10.1. The molecular formula is C24H28FN3O2S. The zero-order valence-electron chi connectivity index (χ0n) is 18.4. The van der Waals surface area contributed by atoms with Gasteiger partial charge in [0.15, 0.2) is 0 Å². The Balaban J connectivity index is 1.92. The number of nitrogens with zero attached hydrogens (tertiary/aromatic N) is 3. The molecule has 2 aromatic carbocycles. The average Bonchev–Trinajstić information content (AvgIpc) is 3.23. The third-order valence-corrected chi connectivity index (χ3v) is 5.88. The fourth-order valence-electron chi connectivity index (χ4n) is 3.33. The van der Waals surface area contributed by atoms with Crippen LogP contribution in [0.4, 0.5) is 9.52 Å². The summed E-state index contributed by atoms with van der Waals surface area (Å²) in [6.45, 7) is 9.28. The van der Waals surface area contributed by atoms with Gasteiger partial charge in [-0.05, 0) is 62.1 Å². The molecule has 7 heteroatoms. The van der Waals surface area contributed by atoms with Crippen molar-refractivity contribution < 1.29 is 13.9 Å². The molecule has 0 atom stereocenters. The smallest absolute Gasteiger partial charge is 0.263 e. The van der Waals surface area contributed by atoms with Gasteiger partial charge in [0, 0.05) is 12.1 Å². The maximum Gasteiger partial charge on any atom is 0.263 e. The van der Waals surface area contributed by atoms with Crippen LogP contribution in [0.5, 0.6) is 5.75 Å². The molecule has 0 aliphatic carbocycles. The van der Waals surface area contributed by atoms with Crippen LogP contribution >= 0.6 is 11.3 Å². The molecule has 0 fully saturated rings. The number of benzene rings is 2. The third kappa shape index (κ3) is 5.28. The van der Waals surface area contributed by atoms with Gasteiger partial charge in [0.1, 0.15) is 16.6 Å². The maximum absolute atomic E-state index is 14.2. The molecule has 0 N–H and O–H groups in total. The summed E-state index contributed by atoms with van der Waals surface area (Å²) in [5.74, 6) is -0.0350. The van der Waals surface area contributed by atoms with Crippen molar-refractivity contribution in [2.24, 2.45) is 0 Å². The van der Waals surface area contributed by atoms with Crippen LogP contribution in [0.25, 0.3) is 10.6 Å². The first kappa shape index (κ1) is 22.9. The van der Waals surface area contributed by atoms with Crippen molar-refractivity contribution in [3.05, 3.63) is 58.9 Å². The lowest BCUT2D eigenvalue weighted by Crippen LogP contribution is -2.32. The van der Waals surface area contributed by atoms with Gasteiger partial charge in [0.05, 0.1) is 12.2 Å². The van der Waals surface area contributed by atoms with E-state index in [1.807, 2.05) is 32.9 Å². The second-order valence-electron chi connectivity index (χ2n) is 7.47. The minimum absolute atomic E-state index is 0.0412. The molecular weight excluding hydrogens is 413 g/mol. The Kier molecular flexibility index (Phi) is 7.74. The van der Waals surface area contributed by atoms with E-state index >= 15 is 0 Å². The van der Waals surface area contributed by atoms with E-state index < -0.39 is 11.7 Å². The summed E-state index contributed by atoms with van der Waals surface area (Å²) in [6.07, 6.45) is 2.64. The highest BCUT2D eigenvalue weighted by atomic mass is 32.1. The Morgan fingerprint density at radius 2 is 1.81 bits per heavy atom. The number of hydrogen-bond acceptors (Lipinski definition) is 5. The van der Waals surface area contributed by atoms with Crippen molar-refractivity contribution in [3.63, 3.8) is 0 Å². The van der Waals surface area contributed by atoms with E-state index in [0.717, 1.165) is 41.7 Å². The van der Waals surface area contributed by atoms with E-state index in [2.05, 4.69) is 17.1 Å². The summed E-state index contributed by atoms with van der Waals surface area (Å²) in [4.78, 5) is 14.6. The molecule has 0 saturated heterocycles. The van der Waals surface area contributed by atoms with Crippen molar-refractivity contribution >= 4 is 22.4 Å². The van der Waals surface area contributed by atoms with Crippen LogP contribution in [0.1, 0.15) is 54.6 Å². The van der Waals surface area contributed by atoms with Crippen molar-refractivity contribution in [1.29, 1.82) is 0 Å². The number of unbranched alkanes of at least 4 members (excludes halogenated alkanes) is 1. The van der Waals surface area contributed by atoms with Gasteiger partial charge in [-0.15, -0.1) is 10.2 Å². The first-order valence-corrected chi connectivity index (χ1v) is 11.4. The summed E-state index contributed by atoms with van der Waals surface area (Å²) >= 11 is 1.33. The quantitative estimate of drug-likeness (QED) is 0.397. The van der Waals surface area contributed by atoms with Gasteiger partial charge < -0.3 is 4.74 Å². The van der Waals surface area contributed by atoms with Gasteiger partial charge in [-0.1, -0.05) is 43.7 Å². The number of ether oxygens (including phenoxy) is 1. The Bertz CT molecular complexity index is 1030. The van der Waals surface area contributed by atoms with Gasteiger partial charge in [-0.25, -0.2) is 4.39 Å². The fraction of sp³-hybridized carbons (Fsp3) is 0.375. The molecule has 0 bridgehead atoms. The highest BCUT2D eigenvalue weighted by molar-refractivity contribution is 7.18. The number of carbonyl (C=O) groups excluding carboxylic acids is 1. The highest BCUT2D eigenvalue weighted by Gasteiger charge is 2.24. The summed E-state index contributed by atoms with van der Waals surface area (Å²) in [6, 6.07) is 10.1. The minimum atomic E-state index is -0.535. The molecule has 0 unspecified atom stereocenters. The molecule has 0 radical (unpaired) electrons. The van der Waals surface area contributed by atoms with Gasteiger partial charge >= 0.3 is 0 Å². The van der Waals surface area contributed by atoms with Crippen LogP contribution in [0.15, 0.2) is 36.4 Å². The predicted molar refractivity (Wildman–Crippen MR) is 124 cm³/mol. The molecule has 0 aliphatic rings. The van der Waals surface area contributed by atoms with Gasteiger partial charge in [0.2, 0.25) is 5.13 Å². The van der Waals surface area contributed by atoms with Crippen LogP contribution < -0.4 is 9.64 Å². The van der Waals surface area contributed by atoms with E-state index in [0.29, 0.717) is 23.3 Å². The predicted octanol–water partition coefficient (Wildman–Crippen LogP) is 6.20. The normalized spacial score (nSPS) is 10.9. The van der Waals surface area contributed by atoms with Gasteiger partial charge in [-0.2, -0.15) is 0 Å². The highest BCUT2D eigenvalue weighted by Crippen LogP contribution is 2.34. The molecule has 3 rings (SSSR count). The number of halogens is 1. The largest absolute Gasteiger partial charge is 0.493 e. The molecule has 1 amide bonds. The molecule has 164 valence electrons. The third-order valence-electron chi connectivity index (χ3n) is 4.89. The lowest BCUT2D eigenvalue weighted by molar-refractivity contribution is 0.0982. The second-order valence-corrected chi connectivity index (χ2v) is 8.42. The van der Waals surface area contributed by atoms with Crippen molar-refractivity contribution in [2.75, 3.05) is 18.1 Å². The van der Waals surface area contributed by atoms with E-state index in [9.17, 15) is 9.18 Å². The summed E-state index contributed by atoms with van der Waals surface area (Å²) in [5, 5.41) is 9.79. The van der Waals surface area contributed by atoms with E-state index in [1.54, 1.807) is 12.1 Å². The molecule has 5 nitrogen and oxygen atoms in total. The Morgan fingerprint density at radius 1 is 1.10 bits per heavy atom. The standard InChI is InChI=1S/C24H28FN3O2S/c1-5-7-12-28(23(29)19-10-8-9-11-20(19)25)24-27-26-22(31-24)18-14-16(3)21(17(4)15-18)30-13-6-2/h8-11,14-15H,5-7,12-13H2,1-4H3. The number of hydrogen-bond donors (Lipinski definition) is 0. The average molecular weight is 442 g/mol. The summed E-state index contributed by atoms with van der Waals surface area (Å²) in [7, 11) is 0. The SMILES string of the molecule is CCCCN(C(=O)c1ccccc1F)c1nnc(-c2cc(C)c(OCCC)c(C)c2)s1. The first-order chi connectivity index (χ1) is 15.0. The summed E-state index contributed by atoms with van der Waals surface area (Å²) < 4.78 is 20.1. The molecule has 0 aliphatic heterocycles. The van der Waals surface area contributed by atoms with Gasteiger partial charge in [-0.3, -0.25) is 9.69 Å². The van der Waals surface area contributed by atoms with E-state index in [4.69, 9.17) is 4.74 Å². The van der Waals surface area contributed by atoms with E-state index in [-0.39, 0.29) is 5.56 Å². The van der Waals surface area contributed by atoms with Crippen LogP contribution in [0.2, 0.25) is 0 Å². The van der Waals surface area contributed by atoms with Crippen LogP contribution in [-0.4, -0.2) is 29.3 Å². The van der Waals surface area contributed by atoms with Crippen molar-refractivity contribution in [1.82, 2.24) is 10.2 Å². The fourth-order valence-corrected chi connectivity index (χ4v) is 4.18. The molecule has 0 saturated carbocycles. The topological polar surface area (TPSA) is 55.3 Å². The number of anilines is 1. The summed E-state index contributed by atoms with van der Waals surface area (Å²) in [5.41, 5.74) is 3.03. The number of aromatic nitrogens is 2.